The van der Waals surface area contributed by atoms with E-state index in [1.165, 1.54) is 12.7 Å². The molecule has 4 rings (SSSR count). The van der Waals surface area contributed by atoms with Gasteiger partial charge in [-0.2, -0.15) is 8.42 Å². The van der Waals surface area contributed by atoms with Crippen molar-refractivity contribution in [2.75, 3.05) is 24.3 Å². The van der Waals surface area contributed by atoms with Crippen LogP contribution in [0, 0.1) is 0 Å². The van der Waals surface area contributed by atoms with Crippen molar-refractivity contribution < 1.29 is 59.9 Å². The molecule has 0 bridgehead atoms. The normalized spacial score (nSPS) is 28.2. The first-order valence-corrected chi connectivity index (χ1v) is 14.9. The number of fused-ring (bicyclic) bond motifs is 1. The maximum Gasteiger partial charge on any atom is 0.394 e. The summed E-state index contributed by atoms with van der Waals surface area (Å²) in [6.45, 7) is 0.619. The Hall–Kier alpha value is -2.25. The molecule has 38 heavy (non-hydrogen) atoms. The third kappa shape index (κ3) is 9.49. The molecule has 0 aromatic carbocycles. The van der Waals surface area contributed by atoms with Gasteiger partial charge in [-0.3, -0.25) is 28.3 Å². The number of nitrogens with one attached hydrogen (secondary N) is 1. The summed E-state index contributed by atoms with van der Waals surface area (Å²) in [5.41, 5.74) is 6.63. The Labute approximate surface area is 218 Å². The van der Waals surface area contributed by atoms with Gasteiger partial charge in [-0.1, -0.05) is 0 Å². The lowest BCUT2D eigenvalue weighted by Crippen LogP contribution is -2.38. The van der Waals surface area contributed by atoms with Crippen molar-refractivity contribution >= 4 is 54.6 Å². The lowest BCUT2D eigenvalue weighted by Gasteiger charge is -2.17. The number of nitrogens with two attached hydrogens (primary N) is 1. The summed E-state index contributed by atoms with van der Waals surface area (Å²) in [4.78, 5) is 23.3. The molecule has 19 nitrogen and oxygen atoms in total. The number of anilines is 1. The van der Waals surface area contributed by atoms with Crippen molar-refractivity contribution in [3.63, 3.8) is 0 Å². The van der Waals surface area contributed by atoms with E-state index in [-0.39, 0.29) is 22.0 Å². The van der Waals surface area contributed by atoms with Gasteiger partial charge in [-0.05, 0) is 10.9 Å². The summed E-state index contributed by atoms with van der Waals surface area (Å²) in [7, 11) is -9.78. The average Bonchev–Trinajstić information content (AvgIpc) is 3.47. The Morgan fingerprint density at radius 1 is 1.21 bits per heavy atom. The quantitative estimate of drug-likeness (QED) is 0.0927. The SMILES string of the molecule is C[S+](C[C@H]1O[C@@H](n2cnc3c(N)ncnc32)[C@H](O)[C@@H]1O)C1CN[C@H](C(=O)O)C1.O=S(=O)(O)O.O=S(=O)([O-])O. The lowest BCUT2D eigenvalue weighted by atomic mass is 10.1. The predicted molar refractivity (Wildman–Crippen MR) is 128 cm³/mol. The Kier molecular flexibility index (Phi) is 10.7. The molecule has 2 aliphatic rings. The molecular formula is C16H26N6O13S3. The van der Waals surface area contributed by atoms with Crippen LogP contribution >= 0.6 is 0 Å². The summed E-state index contributed by atoms with van der Waals surface area (Å²) in [5.74, 6) is -0.0949. The van der Waals surface area contributed by atoms with Crippen LogP contribution in [0.15, 0.2) is 12.7 Å². The summed E-state index contributed by atoms with van der Waals surface area (Å²) in [6.07, 6.45) is 1.71. The lowest BCUT2D eigenvalue weighted by molar-refractivity contribution is -0.139. The minimum absolute atomic E-state index is 0.190. The second-order valence-corrected chi connectivity index (χ2v) is 12.2. The fourth-order valence-electron chi connectivity index (χ4n) is 3.75. The number of imidazole rings is 1. The minimum atomic E-state index is -4.92. The van der Waals surface area contributed by atoms with Gasteiger partial charge in [0.25, 0.3) is 0 Å². The number of aliphatic hydroxyl groups excluding tert-OH is 2. The van der Waals surface area contributed by atoms with Gasteiger partial charge < -0.3 is 30.3 Å². The van der Waals surface area contributed by atoms with Gasteiger partial charge in [-0.25, -0.2) is 23.4 Å². The van der Waals surface area contributed by atoms with Crippen LogP contribution in [-0.2, 0) is 41.2 Å². The largest absolute Gasteiger partial charge is 0.726 e. The molecule has 0 amide bonds. The fraction of sp³-hybridized carbons (Fsp3) is 0.625. The van der Waals surface area contributed by atoms with E-state index in [1.54, 1.807) is 4.57 Å². The second kappa shape index (κ2) is 12.7. The van der Waals surface area contributed by atoms with E-state index in [9.17, 15) is 15.0 Å². The van der Waals surface area contributed by atoms with Crippen LogP contribution in [0.25, 0.3) is 11.2 Å². The van der Waals surface area contributed by atoms with Crippen LogP contribution in [0.2, 0.25) is 0 Å². The number of aliphatic carboxylic acids is 1. The molecule has 22 heteroatoms. The first kappa shape index (κ1) is 32.0. The zero-order valence-corrected chi connectivity index (χ0v) is 21.8. The summed E-state index contributed by atoms with van der Waals surface area (Å²) in [6, 6.07) is -0.532. The maximum atomic E-state index is 11.1. The molecule has 0 spiro atoms. The van der Waals surface area contributed by atoms with Crippen LogP contribution in [-0.4, -0.2) is 124 Å². The zero-order valence-electron chi connectivity index (χ0n) is 19.4. The molecule has 2 aliphatic heterocycles. The maximum absolute atomic E-state index is 11.1. The Morgan fingerprint density at radius 3 is 2.32 bits per heavy atom. The molecule has 9 N–H and O–H groups in total. The Morgan fingerprint density at radius 2 is 1.79 bits per heavy atom. The number of rotatable bonds is 5. The molecule has 2 aromatic heterocycles. The van der Waals surface area contributed by atoms with Gasteiger partial charge in [-0.15, -0.1) is 0 Å². The molecule has 2 aromatic rings. The highest BCUT2D eigenvalue weighted by Gasteiger charge is 2.48. The van der Waals surface area contributed by atoms with Crippen molar-refractivity contribution in [3.05, 3.63) is 12.7 Å². The van der Waals surface area contributed by atoms with Crippen molar-refractivity contribution in [2.24, 2.45) is 0 Å². The van der Waals surface area contributed by atoms with E-state index >= 15 is 0 Å². The van der Waals surface area contributed by atoms with Gasteiger partial charge in [0, 0.05) is 13.0 Å². The van der Waals surface area contributed by atoms with E-state index in [0.29, 0.717) is 29.9 Å². The number of aromatic nitrogens is 4. The summed E-state index contributed by atoms with van der Waals surface area (Å²) in [5, 5.41) is 33.4. The highest BCUT2D eigenvalue weighted by Crippen LogP contribution is 2.33. The molecule has 7 atom stereocenters. The zero-order chi connectivity index (χ0) is 29.0. The smallest absolute Gasteiger partial charge is 0.394 e. The van der Waals surface area contributed by atoms with E-state index in [2.05, 4.69) is 20.3 Å². The minimum Gasteiger partial charge on any atom is -0.726 e. The topological polar surface area (TPSA) is 321 Å². The van der Waals surface area contributed by atoms with Crippen molar-refractivity contribution in [2.45, 2.75) is 42.3 Å². The van der Waals surface area contributed by atoms with Crippen LogP contribution in [0.3, 0.4) is 0 Å². The van der Waals surface area contributed by atoms with Gasteiger partial charge in [0.15, 0.2) is 17.7 Å². The van der Waals surface area contributed by atoms with E-state index in [0.717, 1.165) is 0 Å². The second-order valence-electron chi connectivity index (χ2n) is 8.02. The molecule has 2 fully saturated rings. The van der Waals surface area contributed by atoms with E-state index in [4.69, 9.17) is 50.6 Å². The van der Waals surface area contributed by atoms with Crippen LogP contribution in [0.1, 0.15) is 12.6 Å². The first-order chi connectivity index (χ1) is 17.4. The average molecular weight is 607 g/mol. The standard InChI is InChI=1S/C16H22N6O5S.2H2O4S/c1-28(7-2-8(16(25)26)18-3-7)4-9-11(23)12(24)15(27-9)22-6-21-10-13(17)19-5-20-14(10)22;2*1-5(2,3)4/h5-9,11-12,15,18,23-24H,2-4H2,1H3,(H2-,17,19,20,25,26);2*(H2,1,2,3,4)/t7?,8-,9+,11+,12+,15+,28?;;/m0../s1. The summed E-state index contributed by atoms with van der Waals surface area (Å²) < 4.78 is 71.9. The fourth-order valence-corrected chi connectivity index (χ4v) is 5.71. The van der Waals surface area contributed by atoms with E-state index in [1.807, 2.05) is 6.26 Å². The molecule has 0 aliphatic carbocycles. The van der Waals surface area contributed by atoms with Gasteiger partial charge in [0.2, 0.25) is 10.4 Å². The predicted octanol–water partition coefficient (Wildman–Crippen LogP) is -3.56. The molecule has 216 valence electrons. The number of hydrogen-bond acceptors (Lipinski definition) is 14. The van der Waals surface area contributed by atoms with Gasteiger partial charge in [0.1, 0.15) is 47.2 Å². The number of nitrogens with zero attached hydrogens (tertiary/aromatic N) is 4. The molecule has 0 radical (unpaired) electrons. The van der Waals surface area contributed by atoms with Crippen molar-refractivity contribution in [1.82, 2.24) is 24.8 Å². The number of hydrogen-bond donors (Lipinski definition) is 8. The first-order valence-electron chi connectivity index (χ1n) is 10.3. The van der Waals surface area contributed by atoms with Gasteiger partial charge >= 0.3 is 16.4 Å². The molecule has 2 unspecified atom stereocenters. The van der Waals surface area contributed by atoms with Crippen LogP contribution in [0.4, 0.5) is 5.82 Å². The third-order valence-corrected chi connectivity index (χ3v) is 7.73. The molecule has 2 saturated heterocycles. The van der Waals surface area contributed by atoms with Crippen molar-refractivity contribution in [3.8, 4) is 0 Å². The molecule has 0 saturated carbocycles. The van der Waals surface area contributed by atoms with Crippen LogP contribution < -0.4 is 11.1 Å². The Bertz CT molecular complexity index is 1280. The number of ether oxygens (including phenoxy) is 1. The van der Waals surface area contributed by atoms with Crippen molar-refractivity contribution in [1.29, 1.82) is 0 Å². The van der Waals surface area contributed by atoms with Gasteiger partial charge in [0.05, 0.1) is 12.6 Å². The molecular weight excluding hydrogens is 580 g/mol. The summed E-state index contributed by atoms with van der Waals surface area (Å²) >= 11 is 0. The number of nitrogen functional groups attached to an aromatic ring is 1. The number of aliphatic hydroxyl groups is 2. The number of carboxylic acids is 1. The molecule has 4 heterocycles. The van der Waals surface area contributed by atoms with Crippen LogP contribution in [0.5, 0.6) is 0 Å². The monoisotopic (exact) mass is 606 g/mol. The highest BCUT2D eigenvalue weighted by atomic mass is 32.3. The Balaban J connectivity index is 0.000000435. The third-order valence-electron chi connectivity index (χ3n) is 5.38. The highest BCUT2D eigenvalue weighted by molar-refractivity contribution is 7.96. The van der Waals surface area contributed by atoms with E-state index < -0.39 is 57.3 Å². The number of carbonyl (C=O) groups is 1. The number of carboxylic acid groups (broad SMARTS) is 1.